The van der Waals surface area contributed by atoms with E-state index in [1.165, 1.54) is 12.1 Å². The summed E-state index contributed by atoms with van der Waals surface area (Å²) in [5.74, 6) is -0.451. The molecule has 1 rings (SSSR count). The van der Waals surface area contributed by atoms with Crippen LogP contribution in [0.3, 0.4) is 0 Å². The van der Waals surface area contributed by atoms with Gasteiger partial charge in [0.05, 0.1) is 6.07 Å². The third-order valence-corrected chi connectivity index (χ3v) is 3.03. The van der Waals surface area contributed by atoms with E-state index in [-0.39, 0.29) is 10.6 Å². The molecule has 0 N–H and O–H groups in total. The molecule has 0 spiro atoms. The van der Waals surface area contributed by atoms with Crippen LogP contribution in [-0.2, 0) is 4.74 Å². The first kappa shape index (κ1) is 14.9. The molecule has 0 saturated heterocycles. The predicted octanol–water partition coefficient (Wildman–Crippen LogP) is 3.01. The summed E-state index contributed by atoms with van der Waals surface area (Å²) in [6.07, 6.45) is 0.775. The summed E-state index contributed by atoms with van der Waals surface area (Å²) in [5.41, 5.74) is 0.238. The van der Waals surface area contributed by atoms with Gasteiger partial charge < -0.3 is 4.74 Å². The van der Waals surface area contributed by atoms with Crippen LogP contribution in [0.5, 0.6) is 0 Å². The molecular formula is C13H16ClFN2O. The lowest BCUT2D eigenvalue weighted by atomic mass is 10.1. The summed E-state index contributed by atoms with van der Waals surface area (Å²) < 4.78 is 18.7. The van der Waals surface area contributed by atoms with E-state index < -0.39 is 11.9 Å². The van der Waals surface area contributed by atoms with Crippen molar-refractivity contribution in [3.8, 4) is 6.07 Å². The highest BCUT2D eigenvalue weighted by Gasteiger charge is 2.22. The molecule has 1 aromatic rings. The summed E-state index contributed by atoms with van der Waals surface area (Å²) in [7, 11) is 3.39. The first-order valence-corrected chi connectivity index (χ1v) is 6.02. The summed E-state index contributed by atoms with van der Waals surface area (Å²) in [5, 5.41) is 9.48. The normalized spacial score (nSPS) is 12.4. The number of halogens is 2. The Hall–Kier alpha value is -1.15. The fraction of sp³-hybridized carbons (Fsp3) is 0.462. The molecule has 0 aliphatic carbocycles. The SMILES string of the molecule is COCCCN(C)[C@H](C#N)c1c(F)cccc1Cl. The first-order valence-electron chi connectivity index (χ1n) is 5.64. The van der Waals surface area contributed by atoms with E-state index in [9.17, 15) is 9.65 Å². The molecule has 0 unspecified atom stereocenters. The molecule has 1 aromatic carbocycles. The quantitative estimate of drug-likeness (QED) is 0.746. The monoisotopic (exact) mass is 270 g/mol. The second kappa shape index (κ2) is 7.32. The van der Waals surface area contributed by atoms with Crippen LogP contribution in [-0.4, -0.2) is 32.2 Å². The van der Waals surface area contributed by atoms with Crippen LogP contribution in [0, 0.1) is 17.1 Å². The van der Waals surface area contributed by atoms with Crippen molar-refractivity contribution in [3.05, 3.63) is 34.6 Å². The van der Waals surface area contributed by atoms with Crippen molar-refractivity contribution in [2.24, 2.45) is 0 Å². The molecule has 0 saturated carbocycles. The average molecular weight is 271 g/mol. The zero-order valence-corrected chi connectivity index (χ0v) is 11.2. The van der Waals surface area contributed by atoms with Gasteiger partial charge in [-0.15, -0.1) is 0 Å². The van der Waals surface area contributed by atoms with Gasteiger partial charge in [-0.3, -0.25) is 4.90 Å². The van der Waals surface area contributed by atoms with Crippen LogP contribution in [0.2, 0.25) is 5.02 Å². The second-order valence-electron chi connectivity index (χ2n) is 3.99. The van der Waals surface area contributed by atoms with Gasteiger partial charge in [-0.05, 0) is 25.6 Å². The third-order valence-electron chi connectivity index (χ3n) is 2.70. The van der Waals surface area contributed by atoms with Crippen molar-refractivity contribution < 1.29 is 9.13 Å². The largest absolute Gasteiger partial charge is 0.385 e. The topological polar surface area (TPSA) is 36.3 Å². The Morgan fingerprint density at radius 3 is 2.83 bits per heavy atom. The molecule has 0 amide bonds. The summed E-state index contributed by atoms with van der Waals surface area (Å²) in [6.45, 7) is 1.24. The van der Waals surface area contributed by atoms with Crippen molar-refractivity contribution in [1.82, 2.24) is 4.90 Å². The summed E-state index contributed by atoms with van der Waals surface area (Å²) in [6, 6.07) is 5.84. The van der Waals surface area contributed by atoms with Gasteiger partial charge in [0, 0.05) is 30.8 Å². The summed E-state index contributed by atoms with van der Waals surface area (Å²) >= 11 is 5.97. The molecule has 0 fully saturated rings. The molecule has 0 aliphatic heterocycles. The number of nitriles is 1. The average Bonchev–Trinajstić information content (AvgIpc) is 2.34. The predicted molar refractivity (Wildman–Crippen MR) is 68.9 cm³/mol. The van der Waals surface area contributed by atoms with Gasteiger partial charge >= 0.3 is 0 Å². The maximum atomic E-state index is 13.7. The van der Waals surface area contributed by atoms with Gasteiger partial charge in [-0.1, -0.05) is 17.7 Å². The third kappa shape index (κ3) is 3.67. The highest BCUT2D eigenvalue weighted by atomic mass is 35.5. The Labute approximate surface area is 112 Å². The molecule has 0 radical (unpaired) electrons. The Morgan fingerprint density at radius 2 is 2.28 bits per heavy atom. The lowest BCUT2D eigenvalue weighted by Gasteiger charge is -2.23. The van der Waals surface area contributed by atoms with E-state index in [1.54, 1.807) is 25.1 Å². The minimum Gasteiger partial charge on any atom is -0.385 e. The Balaban J connectivity index is 2.86. The number of hydrogen-bond acceptors (Lipinski definition) is 3. The molecular weight excluding hydrogens is 255 g/mol. The van der Waals surface area contributed by atoms with Crippen molar-refractivity contribution in [3.63, 3.8) is 0 Å². The molecule has 0 bridgehead atoms. The van der Waals surface area contributed by atoms with E-state index in [2.05, 4.69) is 6.07 Å². The van der Waals surface area contributed by atoms with Gasteiger partial charge in [0.25, 0.3) is 0 Å². The van der Waals surface area contributed by atoms with Crippen molar-refractivity contribution in [2.45, 2.75) is 12.5 Å². The van der Waals surface area contributed by atoms with E-state index >= 15 is 0 Å². The fourth-order valence-corrected chi connectivity index (χ4v) is 2.01. The van der Waals surface area contributed by atoms with E-state index in [4.69, 9.17) is 16.3 Å². The van der Waals surface area contributed by atoms with Crippen LogP contribution < -0.4 is 0 Å². The molecule has 0 aromatic heterocycles. The molecule has 98 valence electrons. The smallest absolute Gasteiger partial charge is 0.130 e. The fourth-order valence-electron chi connectivity index (χ4n) is 1.74. The standard InChI is InChI=1S/C13H16ClFN2O/c1-17(7-4-8-18-2)12(9-16)13-10(14)5-3-6-11(13)15/h3,5-6,12H,4,7-8H2,1-2H3/t12-/m1/s1. The molecule has 5 heteroatoms. The second-order valence-corrected chi connectivity index (χ2v) is 4.40. The van der Waals surface area contributed by atoms with Crippen LogP contribution >= 0.6 is 11.6 Å². The van der Waals surface area contributed by atoms with Gasteiger partial charge in [0.1, 0.15) is 11.9 Å². The van der Waals surface area contributed by atoms with Gasteiger partial charge in [0.15, 0.2) is 0 Å². The van der Waals surface area contributed by atoms with Crippen molar-refractivity contribution in [2.75, 3.05) is 27.3 Å². The number of ether oxygens (including phenoxy) is 1. The number of hydrogen-bond donors (Lipinski definition) is 0. The lowest BCUT2D eigenvalue weighted by molar-refractivity contribution is 0.173. The van der Waals surface area contributed by atoms with E-state index in [1.807, 2.05) is 0 Å². The zero-order chi connectivity index (χ0) is 13.5. The van der Waals surface area contributed by atoms with Crippen LogP contribution in [0.25, 0.3) is 0 Å². The van der Waals surface area contributed by atoms with E-state index in [0.29, 0.717) is 13.2 Å². The molecule has 0 heterocycles. The van der Waals surface area contributed by atoms with Gasteiger partial charge in [-0.2, -0.15) is 5.26 Å². The number of nitrogens with zero attached hydrogens (tertiary/aromatic N) is 2. The minimum atomic E-state index is -0.685. The number of rotatable bonds is 6. The number of methoxy groups -OCH3 is 1. The molecule has 1 atom stereocenters. The van der Waals surface area contributed by atoms with Crippen LogP contribution in [0.4, 0.5) is 4.39 Å². The van der Waals surface area contributed by atoms with Crippen LogP contribution in [0.1, 0.15) is 18.0 Å². The zero-order valence-electron chi connectivity index (χ0n) is 10.5. The number of benzene rings is 1. The van der Waals surface area contributed by atoms with Gasteiger partial charge in [0.2, 0.25) is 0 Å². The Morgan fingerprint density at radius 1 is 1.56 bits per heavy atom. The van der Waals surface area contributed by atoms with Crippen molar-refractivity contribution >= 4 is 11.6 Å². The lowest BCUT2D eigenvalue weighted by Crippen LogP contribution is -2.26. The van der Waals surface area contributed by atoms with E-state index in [0.717, 1.165) is 6.42 Å². The molecule has 18 heavy (non-hydrogen) atoms. The highest BCUT2D eigenvalue weighted by molar-refractivity contribution is 6.31. The summed E-state index contributed by atoms with van der Waals surface area (Å²) in [4.78, 5) is 1.77. The van der Waals surface area contributed by atoms with Crippen molar-refractivity contribution in [1.29, 1.82) is 5.26 Å². The first-order chi connectivity index (χ1) is 8.61. The maximum Gasteiger partial charge on any atom is 0.130 e. The maximum absolute atomic E-state index is 13.7. The van der Waals surface area contributed by atoms with Gasteiger partial charge in [-0.25, -0.2) is 4.39 Å². The highest BCUT2D eigenvalue weighted by Crippen LogP contribution is 2.28. The Bertz CT molecular complexity index is 413. The Kier molecular flexibility index (Phi) is 6.06. The minimum absolute atomic E-state index is 0.238. The van der Waals surface area contributed by atoms with Crippen LogP contribution in [0.15, 0.2) is 18.2 Å². The molecule has 0 aliphatic rings. The molecule has 3 nitrogen and oxygen atoms in total.